The van der Waals surface area contributed by atoms with Crippen LogP contribution in [0.3, 0.4) is 0 Å². The van der Waals surface area contributed by atoms with Crippen molar-refractivity contribution < 1.29 is 8.42 Å². The highest BCUT2D eigenvalue weighted by molar-refractivity contribution is 7.89. The van der Waals surface area contributed by atoms with Crippen LogP contribution >= 0.6 is 0 Å². The number of hydrogen-bond acceptors (Lipinski definition) is 3. The molecule has 1 fully saturated rings. The molecule has 0 aromatic heterocycles. The van der Waals surface area contributed by atoms with Crippen molar-refractivity contribution in [1.82, 2.24) is 4.31 Å². The predicted octanol–water partition coefficient (Wildman–Crippen LogP) is 0.394. The topological polar surface area (TPSA) is 63.4 Å². The first-order valence-electron chi connectivity index (χ1n) is 5.10. The van der Waals surface area contributed by atoms with Crippen molar-refractivity contribution in [2.75, 3.05) is 13.1 Å². The number of hydrogen-bond donors (Lipinski definition) is 1. The van der Waals surface area contributed by atoms with Crippen molar-refractivity contribution in [3.05, 3.63) is 0 Å². The third-order valence-corrected chi connectivity index (χ3v) is 5.18. The van der Waals surface area contributed by atoms with Gasteiger partial charge in [-0.1, -0.05) is 6.92 Å². The number of sulfonamides is 1. The van der Waals surface area contributed by atoms with Crippen LogP contribution in [0.15, 0.2) is 0 Å². The van der Waals surface area contributed by atoms with Crippen molar-refractivity contribution in [2.24, 2.45) is 11.7 Å². The summed E-state index contributed by atoms with van der Waals surface area (Å²) in [4.78, 5) is 0. The summed E-state index contributed by atoms with van der Waals surface area (Å²) in [5.41, 5.74) is 5.86. The van der Waals surface area contributed by atoms with Gasteiger partial charge in [0.25, 0.3) is 0 Å². The largest absolute Gasteiger partial charge is 0.326 e. The van der Waals surface area contributed by atoms with Crippen LogP contribution in [0.4, 0.5) is 0 Å². The average Bonchev–Trinajstić information content (AvgIpc) is 2.09. The molecule has 2 atom stereocenters. The average molecular weight is 220 g/mol. The molecule has 2 N–H and O–H groups in total. The molecule has 0 aliphatic carbocycles. The van der Waals surface area contributed by atoms with E-state index >= 15 is 0 Å². The van der Waals surface area contributed by atoms with Crippen molar-refractivity contribution in [3.8, 4) is 0 Å². The minimum atomic E-state index is -3.10. The second kappa shape index (κ2) is 4.16. The van der Waals surface area contributed by atoms with Gasteiger partial charge in [-0.25, -0.2) is 12.7 Å². The predicted molar refractivity (Wildman–Crippen MR) is 57.4 cm³/mol. The van der Waals surface area contributed by atoms with E-state index in [1.165, 1.54) is 4.31 Å². The molecule has 0 amide bonds. The van der Waals surface area contributed by atoms with E-state index in [4.69, 9.17) is 5.73 Å². The van der Waals surface area contributed by atoms with E-state index in [1.807, 2.05) is 0 Å². The quantitative estimate of drug-likeness (QED) is 0.732. The van der Waals surface area contributed by atoms with Crippen LogP contribution in [-0.2, 0) is 10.0 Å². The van der Waals surface area contributed by atoms with Crippen molar-refractivity contribution in [1.29, 1.82) is 0 Å². The highest BCUT2D eigenvalue weighted by Gasteiger charge is 2.32. The summed E-state index contributed by atoms with van der Waals surface area (Å²) >= 11 is 0. The van der Waals surface area contributed by atoms with Gasteiger partial charge in [0, 0.05) is 19.1 Å². The molecule has 0 saturated carbocycles. The van der Waals surface area contributed by atoms with E-state index in [0.717, 1.165) is 6.42 Å². The van der Waals surface area contributed by atoms with E-state index in [-0.39, 0.29) is 11.3 Å². The Morgan fingerprint density at radius 1 is 1.43 bits per heavy atom. The summed E-state index contributed by atoms with van der Waals surface area (Å²) in [6.45, 7) is 6.58. The first-order chi connectivity index (χ1) is 6.35. The van der Waals surface area contributed by atoms with E-state index in [1.54, 1.807) is 13.8 Å². The minimum absolute atomic E-state index is 0.0164. The van der Waals surface area contributed by atoms with E-state index in [0.29, 0.717) is 19.0 Å². The molecule has 1 aliphatic heterocycles. The van der Waals surface area contributed by atoms with Gasteiger partial charge in [0.1, 0.15) is 0 Å². The summed E-state index contributed by atoms with van der Waals surface area (Å²) < 4.78 is 25.1. The molecule has 1 heterocycles. The summed E-state index contributed by atoms with van der Waals surface area (Å²) in [6.07, 6.45) is 0.868. The fourth-order valence-corrected chi connectivity index (χ4v) is 2.93. The van der Waals surface area contributed by atoms with Crippen molar-refractivity contribution >= 4 is 10.0 Å². The lowest BCUT2D eigenvalue weighted by Crippen LogP contribution is -2.51. The number of piperidine rings is 1. The Morgan fingerprint density at radius 2 is 2.00 bits per heavy atom. The molecular formula is C9H20N2O2S. The number of rotatable bonds is 2. The van der Waals surface area contributed by atoms with Crippen LogP contribution < -0.4 is 5.73 Å². The molecule has 0 aromatic rings. The molecule has 0 bridgehead atoms. The third kappa shape index (κ3) is 2.27. The fourth-order valence-electron chi connectivity index (χ4n) is 1.60. The molecule has 1 rings (SSSR count). The molecule has 84 valence electrons. The standard InChI is InChI=1S/C9H20N2O2S/c1-7(2)14(12,13)11-5-4-8(3)9(10)6-11/h7-9H,4-6,10H2,1-3H3/t8-,9+/m1/s1. The van der Waals surface area contributed by atoms with Gasteiger partial charge < -0.3 is 5.73 Å². The lowest BCUT2D eigenvalue weighted by atomic mass is 9.96. The summed E-state index contributed by atoms with van der Waals surface area (Å²) in [6, 6.07) is -0.0164. The zero-order valence-electron chi connectivity index (χ0n) is 9.10. The molecule has 1 saturated heterocycles. The monoisotopic (exact) mass is 220 g/mol. The van der Waals surface area contributed by atoms with Crippen LogP contribution in [0.1, 0.15) is 27.2 Å². The maximum Gasteiger partial charge on any atom is 0.216 e. The molecule has 1 aliphatic rings. The molecular weight excluding hydrogens is 200 g/mol. The third-order valence-electron chi connectivity index (χ3n) is 2.93. The Bertz CT molecular complexity index is 287. The normalized spacial score (nSPS) is 30.9. The maximum atomic E-state index is 11.8. The van der Waals surface area contributed by atoms with Crippen LogP contribution in [0.2, 0.25) is 0 Å². The van der Waals surface area contributed by atoms with Crippen LogP contribution in [0, 0.1) is 5.92 Å². The lowest BCUT2D eigenvalue weighted by Gasteiger charge is -2.35. The van der Waals surface area contributed by atoms with Gasteiger partial charge in [-0.2, -0.15) is 0 Å². The van der Waals surface area contributed by atoms with Crippen molar-refractivity contribution in [2.45, 2.75) is 38.5 Å². The first kappa shape index (κ1) is 11.9. The van der Waals surface area contributed by atoms with Crippen LogP contribution in [-0.4, -0.2) is 37.1 Å². The second-order valence-electron chi connectivity index (χ2n) is 4.38. The van der Waals surface area contributed by atoms with Gasteiger partial charge in [-0.3, -0.25) is 0 Å². The zero-order chi connectivity index (χ0) is 10.9. The Labute approximate surface area is 86.5 Å². The lowest BCUT2D eigenvalue weighted by molar-refractivity contribution is 0.251. The Kier molecular flexibility index (Phi) is 3.55. The van der Waals surface area contributed by atoms with Gasteiger partial charge in [0.2, 0.25) is 10.0 Å². The molecule has 0 radical (unpaired) electrons. The SMILES string of the molecule is CC(C)S(=O)(=O)N1CC[C@@H](C)[C@@H](N)C1. The summed E-state index contributed by atoms with van der Waals surface area (Å²) in [5, 5.41) is -0.344. The fraction of sp³-hybridized carbons (Fsp3) is 1.00. The van der Waals surface area contributed by atoms with Gasteiger partial charge >= 0.3 is 0 Å². The minimum Gasteiger partial charge on any atom is -0.326 e. The molecule has 0 unspecified atom stereocenters. The molecule has 4 nitrogen and oxygen atoms in total. The van der Waals surface area contributed by atoms with Crippen LogP contribution in [0.5, 0.6) is 0 Å². The van der Waals surface area contributed by atoms with Gasteiger partial charge in [-0.05, 0) is 26.2 Å². The zero-order valence-corrected chi connectivity index (χ0v) is 9.92. The van der Waals surface area contributed by atoms with Gasteiger partial charge in [0.15, 0.2) is 0 Å². The Balaban J connectivity index is 2.73. The molecule has 5 heteroatoms. The van der Waals surface area contributed by atoms with Crippen LogP contribution in [0.25, 0.3) is 0 Å². The number of nitrogens with zero attached hydrogens (tertiary/aromatic N) is 1. The van der Waals surface area contributed by atoms with Gasteiger partial charge in [0.05, 0.1) is 5.25 Å². The van der Waals surface area contributed by atoms with Crippen molar-refractivity contribution in [3.63, 3.8) is 0 Å². The maximum absolute atomic E-state index is 11.8. The smallest absolute Gasteiger partial charge is 0.216 e. The van der Waals surface area contributed by atoms with Gasteiger partial charge in [-0.15, -0.1) is 0 Å². The number of nitrogens with two attached hydrogens (primary N) is 1. The van der Waals surface area contributed by atoms with E-state index in [9.17, 15) is 8.42 Å². The summed E-state index contributed by atoms with van der Waals surface area (Å²) in [5.74, 6) is 0.425. The molecule has 14 heavy (non-hydrogen) atoms. The second-order valence-corrected chi connectivity index (χ2v) is 6.87. The Morgan fingerprint density at radius 3 is 2.43 bits per heavy atom. The van der Waals surface area contributed by atoms with E-state index in [2.05, 4.69) is 6.92 Å². The van der Waals surface area contributed by atoms with E-state index < -0.39 is 10.0 Å². The molecule has 0 spiro atoms. The molecule has 0 aromatic carbocycles. The Hall–Kier alpha value is -0.130. The highest BCUT2D eigenvalue weighted by Crippen LogP contribution is 2.20. The first-order valence-corrected chi connectivity index (χ1v) is 6.60. The summed E-state index contributed by atoms with van der Waals surface area (Å²) in [7, 11) is -3.10. The highest BCUT2D eigenvalue weighted by atomic mass is 32.2.